The van der Waals surface area contributed by atoms with Crippen LogP contribution in [-0.2, 0) is 6.54 Å². The second-order valence-electron chi connectivity index (χ2n) is 6.50. The van der Waals surface area contributed by atoms with Crippen LogP contribution < -0.4 is 10.2 Å². The van der Waals surface area contributed by atoms with Crippen molar-refractivity contribution in [3.63, 3.8) is 0 Å². The van der Waals surface area contributed by atoms with Crippen molar-refractivity contribution >= 4 is 5.69 Å². The summed E-state index contributed by atoms with van der Waals surface area (Å²) in [5.74, 6) is 0. The molecule has 5 heteroatoms. The Hall–Kier alpha value is -1.85. The third-order valence-electron chi connectivity index (χ3n) is 4.79. The van der Waals surface area contributed by atoms with E-state index in [1.165, 1.54) is 16.8 Å². The number of nitrogens with zero attached hydrogens (tertiary/aromatic N) is 3. The zero-order valence-electron chi connectivity index (χ0n) is 14.3. The molecule has 0 saturated carbocycles. The predicted octanol–water partition coefficient (Wildman–Crippen LogP) is 2.32. The minimum Gasteiger partial charge on any atom is -0.369 e. The van der Waals surface area contributed by atoms with Crippen LogP contribution in [-0.4, -0.2) is 48.3 Å². The lowest BCUT2D eigenvalue weighted by atomic mass is 10.1. The van der Waals surface area contributed by atoms with E-state index in [-0.39, 0.29) is 0 Å². The molecule has 23 heavy (non-hydrogen) atoms. The summed E-state index contributed by atoms with van der Waals surface area (Å²) in [5.41, 5.74) is 5.02. The van der Waals surface area contributed by atoms with E-state index >= 15 is 0 Å². The molecule has 2 heterocycles. The number of anilines is 1. The van der Waals surface area contributed by atoms with Crippen LogP contribution in [0.5, 0.6) is 0 Å². The van der Waals surface area contributed by atoms with Gasteiger partial charge in [-0.1, -0.05) is 12.1 Å². The molecule has 1 aromatic heterocycles. The van der Waals surface area contributed by atoms with Crippen molar-refractivity contribution < 1.29 is 0 Å². The highest BCUT2D eigenvalue weighted by Crippen LogP contribution is 2.20. The second-order valence-corrected chi connectivity index (χ2v) is 6.50. The van der Waals surface area contributed by atoms with Crippen molar-refractivity contribution in [2.24, 2.45) is 0 Å². The summed E-state index contributed by atoms with van der Waals surface area (Å²) in [7, 11) is 2.19. The first kappa shape index (κ1) is 16.0. The zero-order valence-corrected chi connectivity index (χ0v) is 14.3. The molecule has 1 saturated heterocycles. The van der Waals surface area contributed by atoms with Crippen LogP contribution in [0.3, 0.4) is 0 Å². The molecule has 1 aromatic carbocycles. The monoisotopic (exact) mass is 313 g/mol. The van der Waals surface area contributed by atoms with Gasteiger partial charge in [0.05, 0.1) is 6.20 Å². The maximum absolute atomic E-state index is 4.07. The van der Waals surface area contributed by atoms with Crippen LogP contribution in [0.15, 0.2) is 30.5 Å². The topological polar surface area (TPSA) is 47.2 Å². The van der Waals surface area contributed by atoms with E-state index in [1.54, 1.807) is 0 Å². The Kier molecular flexibility index (Phi) is 4.98. The number of likely N-dealkylation sites (N-methyl/N-ethyl adjacent to an activating group) is 1. The third kappa shape index (κ3) is 3.92. The fourth-order valence-corrected chi connectivity index (χ4v) is 2.97. The van der Waals surface area contributed by atoms with Crippen molar-refractivity contribution in [1.82, 2.24) is 20.4 Å². The summed E-state index contributed by atoms with van der Waals surface area (Å²) in [6.45, 7) is 9.61. The molecule has 0 unspecified atom stereocenters. The molecule has 0 spiro atoms. The summed E-state index contributed by atoms with van der Waals surface area (Å²) in [6, 6.07) is 9.32. The van der Waals surface area contributed by atoms with Crippen LogP contribution >= 0.6 is 0 Å². The molecule has 5 nitrogen and oxygen atoms in total. The Morgan fingerprint density at radius 3 is 2.48 bits per heavy atom. The Balaban J connectivity index is 1.57. The molecule has 3 rings (SSSR count). The van der Waals surface area contributed by atoms with Gasteiger partial charge in [0.15, 0.2) is 0 Å². The molecular formula is C18H27N5. The van der Waals surface area contributed by atoms with Gasteiger partial charge >= 0.3 is 0 Å². The molecule has 0 bridgehead atoms. The molecular weight excluding hydrogens is 286 g/mol. The van der Waals surface area contributed by atoms with Crippen molar-refractivity contribution in [3.8, 4) is 0 Å². The second kappa shape index (κ2) is 7.15. The van der Waals surface area contributed by atoms with E-state index < -0.39 is 0 Å². The lowest BCUT2D eigenvalue weighted by Crippen LogP contribution is -2.44. The normalized spacial score (nSPS) is 17.4. The van der Waals surface area contributed by atoms with Gasteiger partial charge in [0.1, 0.15) is 0 Å². The number of hydrogen-bond donors (Lipinski definition) is 2. The molecule has 1 aliphatic rings. The van der Waals surface area contributed by atoms with Gasteiger partial charge in [-0.25, -0.2) is 0 Å². The third-order valence-corrected chi connectivity index (χ3v) is 4.79. The van der Waals surface area contributed by atoms with Crippen molar-refractivity contribution in [2.45, 2.75) is 26.4 Å². The smallest absolute Gasteiger partial charge is 0.0535 e. The van der Waals surface area contributed by atoms with Crippen molar-refractivity contribution in [1.29, 1.82) is 0 Å². The largest absolute Gasteiger partial charge is 0.369 e. The van der Waals surface area contributed by atoms with Crippen LogP contribution in [0.4, 0.5) is 5.69 Å². The fraction of sp³-hybridized carbons (Fsp3) is 0.500. The van der Waals surface area contributed by atoms with Gasteiger partial charge < -0.3 is 15.1 Å². The fourth-order valence-electron chi connectivity index (χ4n) is 2.97. The number of benzene rings is 1. The van der Waals surface area contributed by atoms with E-state index in [2.05, 4.69) is 70.5 Å². The SMILES string of the molecule is Cc1[nH]ncc1CN[C@@H](C)c1ccc(N2CCN(C)CC2)cc1. The number of nitrogens with one attached hydrogen (secondary N) is 2. The molecule has 124 valence electrons. The Morgan fingerprint density at radius 2 is 1.87 bits per heavy atom. The van der Waals surface area contributed by atoms with Crippen LogP contribution in [0.1, 0.15) is 29.8 Å². The van der Waals surface area contributed by atoms with Crippen LogP contribution in [0.2, 0.25) is 0 Å². The number of hydrogen-bond acceptors (Lipinski definition) is 4. The van der Waals surface area contributed by atoms with Gasteiger partial charge in [0.2, 0.25) is 0 Å². The molecule has 0 amide bonds. The number of aryl methyl sites for hydroxylation is 1. The molecule has 0 aliphatic carbocycles. The predicted molar refractivity (Wildman–Crippen MR) is 94.7 cm³/mol. The van der Waals surface area contributed by atoms with Crippen molar-refractivity contribution in [3.05, 3.63) is 47.3 Å². The number of aromatic nitrogens is 2. The van der Waals surface area contributed by atoms with Crippen LogP contribution in [0.25, 0.3) is 0 Å². The molecule has 2 N–H and O–H groups in total. The number of H-pyrrole nitrogens is 1. The highest BCUT2D eigenvalue weighted by atomic mass is 15.2. The summed E-state index contributed by atoms with van der Waals surface area (Å²) >= 11 is 0. The van der Waals surface area contributed by atoms with Crippen LogP contribution in [0, 0.1) is 6.92 Å². The minimum absolute atomic E-state index is 0.325. The van der Waals surface area contributed by atoms with Gasteiger partial charge in [-0.2, -0.15) is 5.10 Å². The first-order valence-corrected chi connectivity index (χ1v) is 8.39. The lowest BCUT2D eigenvalue weighted by molar-refractivity contribution is 0.313. The number of piperazine rings is 1. The zero-order chi connectivity index (χ0) is 16.2. The van der Waals surface area contributed by atoms with Gasteiger partial charge in [0.25, 0.3) is 0 Å². The van der Waals surface area contributed by atoms with Gasteiger partial charge in [-0.3, -0.25) is 5.10 Å². The first-order chi connectivity index (χ1) is 11.1. The quantitative estimate of drug-likeness (QED) is 0.889. The van der Waals surface area contributed by atoms with E-state index in [0.29, 0.717) is 6.04 Å². The van der Waals surface area contributed by atoms with E-state index in [9.17, 15) is 0 Å². The summed E-state index contributed by atoms with van der Waals surface area (Å²) in [5, 5.41) is 10.6. The summed E-state index contributed by atoms with van der Waals surface area (Å²) in [6.07, 6.45) is 1.89. The van der Waals surface area contributed by atoms with Gasteiger partial charge in [0, 0.05) is 55.7 Å². The Labute approximate surface area is 138 Å². The maximum Gasteiger partial charge on any atom is 0.0535 e. The Morgan fingerprint density at radius 1 is 1.17 bits per heavy atom. The van der Waals surface area contributed by atoms with E-state index in [1.807, 2.05) is 6.20 Å². The van der Waals surface area contributed by atoms with Gasteiger partial charge in [-0.05, 0) is 38.6 Å². The maximum atomic E-state index is 4.07. The standard InChI is InChI=1S/C18H27N5/c1-14(19-12-17-13-20-21-15(17)2)16-4-6-18(7-5-16)23-10-8-22(3)9-11-23/h4-7,13-14,19H,8-12H2,1-3H3,(H,20,21)/t14-/m0/s1. The summed E-state index contributed by atoms with van der Waals surface area (Å²) in [4.78, 5) is 4.85. The minimum atomic E-state index is 0.325. The summed E-state index contributed by atoms with van der Waals surface area (Å²) < 4.78 is 0. The molecule has 0 radical (unpaired) electrons. The van der Waals surface area contributed by atoms with E-state index in [0.717, 1.165) is 38.4 Å². The number of aromatic amines is 1. The first-order valence-electron chi connectivity index (χ1n) is 8.39. The molecule has 1 atom stereocenters. The molecule has 1 fully saturated rings. The molecule has 1 aliphatic heterocycles. The Bertz CT molecular complexity index is 611. The average Bonchev–Trinajstić information content (AvgIpc) is 2.99. The van der Waals surface area contributed by atoms with Crippen molar-refractivity contribution in [2.75, 3.05) is 38.1 Å². The van der Waals surface area contributed by atoms with E-state index in [4.69, 9.17) is 0 Å². The lowest BCUT2D eigenvalue weighted by Gasteiger charge is -2.34. The number of rotatable bonds is 5. The molecule has 2 aromatic rings. The average molecular weight is 313 g/mol. The highest BCUT2D eigenvalue weighted by Gasteiger charge is 2.14. The van der Waals surface area contributed by atoms with Gasteiger partial charge in [-0.15, -0.1) is 0 Å². The highest BCUT2D eigenvalue weighted by molar-refractivity contribution is 5.48.